The van der Waals surface area contributed by atoms with Crippen LogP contribution in [0.25, 0.3) is 33.5 Å². The number of methoxy groups -OCH3 is 2. The number of nitrogens with zero attached hydrogens (tertiary/aromatic N) is 12. The third kappa shape index (κ3) is 21.0. The van der Waals surface area contributed by atoms with Gasteiger partial charge in [0.2, 0.25) is 0 Å². The van der Waals surface area contributed by atoms with Crippen LogP contribution in [0.2, 0.25) is 0 Å². The summed E-state index contributed by atoms with van der Waals surface area (Å²) in [5, 5.41) is 21.1. The SMILES string of the molecule is CCCCCCCCCCCCCCCCCC(=O)OC.CCCSP(=O)(O)O[C@H]1C2OCCC[C@]2(COP(=O)(O)O[C@H]2C(O)[C@@H](COP(=O)(O)O[C@H]3C(OC)[C@@H](COP(=O)(O)OCCO)O[C@H]3n3cnc4c(N)ncnc43)O[C@H]2n2cnc3c(N)ncnc32)O[C@H]1n1cnc2c(N)ncnc21. The Kier molecular flexibility index (Phi) is 29.9. The van der Waals surface area contributed by atoms with Crippen LogP contribution in [0.15, 0.2) is 38.0 Å². The summed E-state index contributed by atoms with van der Waals surface area (Å²) in [5.41, 5.74) is 17.0. The van der Waals surface area contributed by atoms with Gasteiger partial charge in [-0.15, -0.1) is 0 Å². The highest BCUT2D eigenvalue weighted by Crippen LogP contribution is 2.62. The van der Waals surface area contributed by atoms with Gasteiger partial charge in [0.1, 0.15) is 90.0 Å². The van der Waals surface area contributed by atoms with Gasteiger partial charge >= 0.3 is 36.2 Å². The smallest absolute Gasteiger partial charge is 0.469 e. The molecule has 44 heteroatoms. The molecule has 0 aromatic carbocycles. The maximum Gasteiger partial charge on any atom is 0.472 e. The highest BCUT2D eigenvalue weighted by Gasteiger charge is 2.62. The number of nitrogens with two attached hydrogens (primary N) is 3. The summed E-state index contributed by atoms with van der Waals surface area (Å²) in [6.45, 7) is -3.94. The Balaban J connectivity index is 0.000000499. The van der Waals surface area contributed by atoms with E-state index < -0.39 is 136 Å². The van der Waals surface area contributed by atoms with E-state index in [1.165, 1.54) is 137 Å². The number of esters is 1. The fourth-order valence-corrected chi connectivity index (χ4v) is 17.8. The number of anilines is 3. The van der Waals surface area contributed by atoms with Crippen molar-refractivity contribution in [2.75, 3.05) is 76.8 Å². The van der Waals surface area contributed by atoms with E-state index in [0.717, 1.165) is 25.4 Å². The number of carbonyl (C=O) groups is 1. The summed E-state index contributed by atoms with van der Waals surface area (Å²) >= 11 is 0.683. The Morgan fingerprint density at radius 2 is 1.07 bits per heavy atom. The molecule has 12 N–H and O–H groups in total. The monoisotopic (exact) mass is 1540 g/mol. The number of hydrogen-bond acceptors (Lipinski definition) is 33. The van der Waals surface area contributed by atoms with Crippen LogP contribution in [-0.4, -0.2) is 208 Å². The molecular weight excluding hydrogens is 1450 g/mol. The van der Waals surface area contributed by atoms with Crippen molar-refractivity contribution in [1.29, 1.82) is 0 Å². The third-order valence-electron chi connectivity index (χ3n) is 17.4. The standard InChI is InChI=1S/C39H55N15O22P4S.C19H38O2/c1-3-9-81-80(63,64)76-28-29-39(5-4-7-66-29,73-38(28)54-18-51-23-32(42)45-15-48-35(23)54)12-70-79(61,62)74-26-24(56)19(71-36(26)52-16-49-21-30(40)43-13-46-33(21)52)10-69-78(59,60)75-27-25(65-2)20(11-68-77(57,58)67-8-6-55)72-37(27)53-17-50-22-31(41)44-14-47-34(22)53;1-3-4-5-6-7-8-9-10-11-12-13-14-15-16-17-18-19(20)21-2/h13-20,24-29,36-38,55-56H,3-12H2,1-2H3,(H,57,58)(H,59,60)(H,61,62)(H,63,64)(H2,40,43,46)(H2,41,44,47)(H2,42,45,48);3-18H2,1-2H3/t19-,20-,24?,25?,26+,27+,28+,29?,36-,37-,38-,39-;/m1./s1. The quantitative estimate of drug-likeness (QED) is 0.0105. The molecule has 39 nitrogen and oxygen atoms in total. The molecule has 7 unspecified atom stereocenters. The third-order valence-corrected chi connectivity index (χ3v) is 23.6. The van der Waals surface area contributed by atoms with Crippen molar-refractivity contribution < 1.29 is 113 Å². The molecule has 0 amide bonds. The van der Waals surface area contributed by atoms with E-state index in [1.54, 1.807) is 0 Å². The molecule has 6 aromatic heterocycles. The van der Waals surface area contributed by atoms with Gasteiger partial charge in [0.15, 0.2) is 53.1 Å². The summed E-state index contributed by atoms with van der Waals surface area (Å²) in [5.74, 6) is 0.0894. The minimum atomic E-state index is -5.46. The fraction of sp³-hybridized carbons (Fsp3) is 0.724. The van der Waals surface area contributed by atoms with Gasteiger partial charge in [-0.1, -0.05) is 104 Å². The Morgan fingerprint density at radius 3 is 1.59 bits per heavy atom. The molecule has 4 fully saturated rings. The lowest BCUT2D eigenvalue weighted by molar-refractivity contribution is -0.165. The molecule has 0 aliphatic carbocycles. The number of fused-ring (bicyclic) bond motifs is 4. The predicted octanol–water partition coefficient (Wildman–Crippen LogP) is 7.05. The molecule has 102 heavy (non-hydrogen) atoms. The summed E-state index contributed by atoms with van der Waals surface area (Å²) in [6, 6.07) is 0. The molecule has 570 valence electrons. The first-order valence-electron chi connectivity index (χ1n) is 33.8. The maximum atomic E-state index is 14.4. The molecule has 10 heterocycles. The van der Waals surface area contributed by atoms with E-state index in [4.69, 9.17) is 77.7 Å². The van der Waals surface area contributed by atoms with Gasteiger partial charge < -0.3 is 75.4 Å². The largest absolute Gasteiger partial charge is 0.472 e. The van der Waals surface area contributed by atoms with Crippen molar-refractivity contribution in [3.05, 3.63) is 38.0 Å². The van der Waals surface area contributed by atoms with Crippen LogP contribution in [-0.2, 0) is 83.1 Å². The molecule has 16 atom stereocenters. The molecule has 4 aliphatic rings. The summed E-state index contributed by atoms with van der Waals surface area (Å²) in [4.78, 5) is 92.5. The number of phosphoric ester groups is 3. The Hall–Kier alpha value is -4.93. The highest BCUT2D eigenvalue weighted by atomic mass is 32.7. The van der Waals surface area contributed by atoms with E-state index in [1.807, 2.05) is 6.92 Å². The van der Waals surface area contributed by atoms with E-state index in [-0.39, 0.29) is 75.7 Å². The van der Waals surface area contributed by atoms with Crippen LogP contribution in [0.1, 0.15) is 155 Å². The summed E-state index contributed by atoms with van der Waals surface area (Å²) < 4.78 is 132. The predicted molar refractivity (Wildman–Crippen MR) is 365 cm³/mol. The molecule has 10 rings (SSSR count). The van der Waals surface area contributed by atoms with Crippen molar-refractivity contribution >= 4 is 98.6 Å². The topological polar surface area (TPSA) is 536 Å². The fourth-order valence-electron chi connectivity index (χ4n) is 12.4. The Labute approximate surface area is 591 Å². The zero-order valence-electron chi connectivity index (χ0n) is 57.0. The number of aliphatic hydroxyl groups is 2. The number of phosphoric acid groups is 3. The van der Waals surface area contributed by atoms with Gasteiger partial charge in [-0.3, -0.25) is 50.2 Å². The first-order valence-corrected chi connectivity index (χ1v) is 41.4. The number of hydrogen-bond donors (Lipinski definition) is 9. The number of unbranched alkanes of at least 4 members (excludes halogenated alkanes) is 14. The lowest BCUT2D eigenvalue weighted by atomic mass is 9.89. The number of carbonyl (C=O) groups excluding carboxylic acids is 1. The highest BCUT2D eigenvalue weighted by molar-refractivity contribution is 8.54. The molecule has 0 spiro atoms. The minimum absolute atomic E-state index is 0.0115. The molecular formula is C58H93N15O24P4S. The molecule has 0 bridgehead atoms. The second kappa shape index (κ2) is 37.5. The number of aliphatic hydroxyl groups excluding tert-OH is 2. The van der Waals surface area contributed by atoms with Gasteiger partial charge in [-0.2, -0.15) is 0 Å². The normalized spacial score (nSPS) is 26.7. The average Bonchev–Trinajstić information content (AvgIpc) is 1.59. The first-order chi connectivity index (χ1) is 48.9. The summed E-state index contributed by atoms with van der Waals surface area (Å²) in [7, 11) is -13.0. The van der Waals surface area contributed by atoms with Crippen molar-refractivity contribution in [2.24, 2.45) is 0 Å². The Bertz CT molecular complexity index is 3870. The number of nitrogen functional groups attached to an aromatic ring is 3. The number of imidazole rings is 3. The maximum absolute atomic E-state index is 14.4. The molecule has 0 radical (unpaired) electrons. The zero-order valence-corrected chi connectivity index (χ0v) is 61.4. The van der Waals surface area contributed by atoms with E-state index in [2.05, 4.69) is 56.5 Å². The van der Waals surface area contributed by atoms with Gasteiger partial charge in [-0.25, -0.2) is 63.1 Å². The molecule has 4 saturated heterocycles. The lowest BCUT2D eigenvalue weighted by Crippen LogP contribution is -2.51. The molecule has 6 aromatic rings. The average molecular weight is 1540 g/mol. The van der Waals surface area contributed by atoms with Crippen molar-refractivity contribution in [3.8, 4) is 0 Å². The summed E-state index contributed by atoms with van der Waals surface area (Å²) in [6.07, 6.45) is 11.7. The van der Waals surface area contributed by atoms with E-state index >= 15 is 0 Å². The van der Waals surface area contributed by atoms with Gasteiger partial charge in [0.25, 0.3) is 0 Å². The van der Waals surface area contributed by atoms with Crippen LogP contribution >= 0.6 is 41.6 Å². The second-order valence-corrected chi connectivity index (χ2v) is 32.9. The van der Waals surface area contributed by atoms with Gasteiger partial charge in [0.05, 0.1) is 59.1 Å². The van der Waals surface area contributed by atoms with Gasteiger partial charge in [-0.05, 0) is 37.1 Å². The number of aromatic nitrogens is 12. The first kappa shape index (κ1) is 81.2. The zero-order chi connectivity index (χ0) is 73.2. The number of ether oxygens (including phenoxy) is 6. The van der Waals surface area contributed by atoms with E-state index in [9.17, 15) is 47.7 Å². The number of rotatable bonds is 41. The molecule has 0 saturated carbocycles. The lowest BCUT2D eigenvalue weighted by Gasteiger charge is -2.38. The second-order valence-electron chi connectivity index (χ2n) is 24.7. The van der Waals surface area contributed by atoms with Crippen molar-refractivity contribution in [2.45, 2.75) is 209 Å². The van der Waals surface area contributed by atoms with Crippen LogP contribution in [0, 0.1) is 0 Å². The Morgan fingerprint density at radius 1 is 0.588 bits per heavy atom. The van der Waals surface area contributed by atoms with Crippen molar-refractivity contribution in [1.82, 2.24) is 58.6 Å². The van der Waals surface area contributed by atoms with E-state index in [0.29, 0.717) is 30.6 Å². The van der Waals surface area contributed by atoms with Gasteiger partial charge in [0, 0.05) is 25.9 Å². The van der Waals surface area contributed by atoms with Crippen LogP contribution < -0.4 is 17.2 Å². The minimum Gasteiger partial charge on any atom is -0.469 e. The van der Waals surface area contributed by atoms with Crippen molar-refractivity contribution in [3.63, 3.8) is 0 Å². The van der Waals surface area contributed by atoms with Crippen LogP contribution in [0.3, 0.4) is 0 Å². The molecule has 4 aliphatic heterocycles. The van der Waals surface area contributed by atoms with Crippen LogP contribution in [0.5, 0.6) is 0 Å². The van der Waals surface area contributed by atoms with Crippen LogP contribution in [0.4, 0.5) is 17.5 Å².